The molecule has 2 saturated heterocycles. The number of carboxylic acid groups (broad SMARTS) is 1. The number of benzene rings is 2. The van der Waals surface area contributed by atoms with Crippen molar-refractivity contribution in [1.82, 2.24) is 19.9 Å². The Morgan fingerprint density at radius 2 is 1.75 bits per heavy atom. The van der Waals surface area contributed by atoms with Crippen LogP contribution < -0.4 is 15.0 Å². The van der Waals surface area contributed by atoms with Crippen molar-refractivity contribution in [2.45, 2.75) is 134 Å². The van der Waals surface area contributed by atoms with Crippen LogP contribution in [0.1, 0.15) is 87.6 Å². The second-order valence-corrected chi connectivity index (χ2v) is 23.8. The molecule has 2 fully saturated rings. The van der Waals surface area contributed by atoms with Crippen molar-refractivity contribution < 1.29 is 28.6 Å². The molecule has 5 heterocycles. The number of nitrogens with one attached hydrogen (secondary N) is 1. The first kappa shape index (κ1) is 40.6. The Morgan fingerprint density at radius 3 is 2.39 bits per heavy atom. The Labute approximate surface area is 339 Å². The fourth-order valence-electron chi connectivity index (χ4n) is 9.81. The summed E-state index contributed by atoms with van der Waals surface area (Å²) in [5.41, 5.74) is 5.87. The van der Waals surface area contributed by atoms with Crippen molar-refractivity contribution in [3.63, 3.8) is 0 Å². The number of nitrogens with zero attached hydrogens (tertiary/aromatic N) is 5. The molecule has 0 radical (unpaired) electrons. The Kier molecular flexibility index (Phi) is 10.6. The molecule has 2 amide bonds. The molecule has 11 nitrogen and oxygen atoms in total. The van der Waals surface area contributed by atoms with Gasteiger partial charge in [-0.05, 0) is 87.0 Å². The fourth-order valence-corrected chi connectivity index (χ4v) is 15.4. The number of hydrogen-bond acceptors (Lipinski definition) is 9. The van der Waals surface area contributed by atoms with Crippen LogP contribution in [0.4, 0.5) is 25.5 Å². The monoisotopic (exact) mass is 812 g/mol. The minimum absolute atomic E-state index is 0.0119. The maximum atomic E-state index is 17.7. The number of halogens is 1. The second kappa shape index (κ2) is 15.0. The van der Waals surface area contributed by atoms with Gasteiger partial charge in [0.15, 0.2) is 11.0 Å². The van der Waals surface area contributed by atoms with Gasteiger partial charge in [0.1, 0.15) is 42.2 Å². The first-order valence-electron chi connectivity index (χ1n) is 19.9. The van der Waals surface area contributed by atoms with Gasteiger partial charge in [-0.1, -0.05) is 71.4 Å². The lowest BCUT2D eigenvalue weighted by atomic mass is 9.95. The van der Waals surface area contributed by atoms with E-state index in [1.54, 1.807) is 31.7 Å². The van der Waals surface area contributed by atoms with E-state index in [0.717, 1.165) is 17.4 Å². The van der Waals surface area contributed by atoms with Gasteiger partial charge in [-0.15, -0.1) is 5.54 Å². The van der Waals surface area contributed by atoms with Gasteiger partial charge >= 0.3 is 12.2 Å². The number of carbonyl (C=O) groups is 2. The van der Waals surface area contributed by atoms with Crippen molar-refractivity contribution in [3.8, 4) is 28.6 Å². The Balaban J connectivity index is 1.50. The number of anilines is 2. The molecule has 57 heavy (non-hydrogen) atoms. The van der Waals surface area contributed by atoms with Gasteiger partial charge in [0, 0.05) is 28.7 Å². The highest BCUT2D eigenvalue weighted by Crippen LogP contribution is 2.47. The van der Waals surface area contributed by atoms with E-state index < -0.39 is 37.8 Å². The third kappa shape index (κ3) is 7.04. The number of ether oxygens (including phenoxy) is 2. The van der Waals surface area contributed by atoms with Gasteiger partial charge in [-0.3, -0.25) is 10.2 Å². The molecule has 4 unspecified atom stereocenters. The third-order valence-electron chi connectivity index (χ3n) is 12.0. The predicted octanol–water partition coefficient (Wildman–Crippen LogP) is 10.1. The molecule has 3 aliphatic heterocycles. The van der Waals surface area contributed by atoms with Crippen LogP contribution in [0.5, 0.6) is 5.88 Å². The number of rotatable bonds is 6. The summed E-state index contributed by atoms with van der Waals surface area (Å²) < 4.78 is 30.0. The summed E-state index contributed by atoms with van der Waals surface area (Å²) in [5, 5.41) is 15.2. The van der Waals surface area contributed by atoms with Gasteiger partial charge in [0.25, 0.3) is 0 Å². The standard InChI is InChI=1S/C43H53FN6O5SSi/c1-22(2)57(23(3)4,24(5)6)18-17-26-13-12-14-27-19-28(45-41(51)55-43(8,9)10)20-30(32(26)27)35-34(44)36-33-38(48-40(47-36)56-11)49-21-29-15-16-31(50(29)42(52)53)37(49)25(7)54-39(33)46-35/h12-14,19-20,22-25,29,31,37H,15-16,21H2,1-11H3,(H,45,51)(H,52,53). The number of piperazine rings is 1. The van der Waals surface area contributed by atoms with Crippen LogP contribution in [0, 0.1) is 17.3 Å². The molecule has 2 aromatic heterocycles. The van der Waals surface area contributed by atoms with Crippen LogP contribution in [0.15, 0.2) is 35.5 Å². The number of aromatic nitrogens is 3. The fraction of sp³-hybridized carbons (Fsp3) is 0.512. The van der Waals surface area contributed by atoms with E-state index >= 15 is 4.39 Å². The van der Waals surface area contributed by atoms with Crippen LogP contribution in [0.25, 0.3) is 32.9 Å². The number of hydrogen-bond donors (Lipinski definition) is 2. The van der Waals surface area contributed by atoms with E-state index in [0.29, 0.717) is 62.6 Å². The summed E-state index contributed by atoms with van der Waals surface area (Å²) in [6.45, 7) is 21.3. The summed E-state index contributed by atoms with van der Waals surface area (Å²) in [6.07, 6.45) is 1.11. The highest BCUT2D eigenvalue weighted by molar-refractivity contribution is 7.98. The lowest BCUT2D eigenvalue weighted by Gasteiger charge is -2.47. The van der Waals surface area contributed by atoms with E-state index in [9.17, 15) is 14.7 Å². The molecule has 3 aliphatic rings. The third-order valence-corrected chi connectivity index (χ3v) is 18.9. The lowest BCUT2D eigenvalue weighted by Crippen LogP contribution is -2.64. The minimum atomic E-state index is -2.18. The molecular formula is C43H53FN6O5SSi. The molecule has 7 rings (SSSR count). The van der Waals surface area contributed by atoms with Crippen molar-refractivity contribution in [2.75, 3.05) is 23.0 Å². The molecule has 0 aliphatic carbocycles. The van der Waals surface area contributed by atoms with E-state index in [2.05, 4.69) is 63.2 Å². The van der Waals surface area contributed by atoms with Crippen LogP contribution in [-0.2, 0) is 4.74 Å². The maximum absolute atomic E-state index is 17.7. The summed E-state index contributed by atoms with van der Waals surface area (Å²) in [5.74, 6) is 3.60. The molecule has 2 bridgehead atoms. The normalized spacial score (nSPS) is 20.4. The van der Waals surface area contributed by atoms with Gasteiger partial charge in [-0.2, -0.15) is 0 Å². The van der Waals surface area contributed by atoms with Crippen molar-refractivity contribution in [1.29, 1.82) is 0 Å². The molecule has 4 atom stereocenters. The lowest BCUT2D eigenvalue weighted by molar-refractivity contribution is 0.0634. The summed E-state index contributed by atoms with van der Waals surface area (Å²) >= 11 is 1.30. The van der Waals surface area contributed by atoms with Crippen LogP contribution in [-0.4, -0.2) is 87.8 Å². The van der Waals surface area contributed by atoms with Gasteiger partial charge in [-0.25, -0.2) is 28.9 Å². The Hall–Kier alpha value is -4.61. The molecule has 302 valence electrons. The van der Waals surface area contributed by atoms with Crippen molar-refractivity contribution in [2.24, 2.45) is 0 Å². The SMILES string of the molecule is CSc1nc2c3c(nc(-c4cc(NC(=O)OC(C)(C)C)cc5cccc(C#C[Si](C(C)C)(C(C)C)C(C)C)c45)c(F)c3n1)OC(C)C1C3CCC(CN21)N3C(=O)O. The largest absolute Gasteiger partial charge is 0.472 e. The zero-order valence-electron chi connectivity index (χ0n) is 34.7. The quantitative estimate of drug-likeness (QED) is 0.0840. The molecule has 0 saturated carbocycles. The molecule has 0 spiro atoms. The minimum Gasteiger partial charge on any atom is -0.472 e. The molecule has 2 aromatic carbocycles. The summed E-state index contributed by atoms with van der Waals surface area (Å²) in [4.78, 5) is 43.9. The van der Waals surface area contributed by atoms with Gasteiger partial charge in [0.2, 0.25) is 5.88 Å². The molecule has 4 aromatic rings. The number of amides is 2. The van der Waals surface area contributed by atoms with Gasteiger partial charge in [0.05, 0.1) is 18.1 Å². The highest BCUT2D eigenvalue weighted by Gasteiger charge is 2.53. The first-order valence-corrected chi connectivity index (χ1v) is 23.3. The van der Waals surface area contributed by atoms with Crippen molar-refractivity contribution >= 4 is 65.2 Å². The average molecular weight is 813 g/mol. The van der Waals surface area contributed by atoms with E-state index in [-0.39, 0.29) is 35.2 Å². The topological polar surface area (TPSA) is 130 Å². The molecular weight excluding hydrogens is 760 g/mol. The van der Waals surface area contributed by atoms with Crippen LogP contribution in [0.2, 0.25) is 16.6 Å². The van der Waals surface area contributed by atoms with Gasteiger partial charge < -0.3 is 19.5 Å². The molecule has 14 heteroatoms. The van der Waals surface area contributed by atoms with Crippen LogP contribution >= 0.6 is 11.8 Å². The highest BCUT2D eigenvalue weighted by atomic mass is 32.2. The molecule has 2 N–H and O–H groups in total. The van der Waals surface area contributed by atoms with E-state index in [4.69, 9.17) is 24.4 Å². The Bertz CT molecular complexity index is 2320. The van der Waals surface area contributed by atoms with E-state index in [1.165, 1.54) is 11.8 Å². The van der Waals surface area contributed by atoms with Crippen molar-refractivity contribution in [3.05, 3.63) is 41.7 Å². The average Bonchev–Trinajstić information content (AvgIpc) is 3.37. The first-order chi connectivity index (χ1) is 26.9. The number of fused-ring (bicyclic) bond motifs is 6. The Morgan fingerprint density at radius 1 is 1.05 bits per heavy atom. The van der Waals surface area contributed by atoms with E-state index in [1.807, 2.05) is 37.4 Å². The zero-order chi connectivity index (χ0) is 41.3. The predicted molar refractivity (Wildman–Crippen MR) is 228 cm³/mol. The smallest absolute Gasteiger partial charge is 0.412 e. The second-order valence-electron chi connectivity index (χ2n) is 17.5. The number of pyridine rings is 1. The number of thioether (sulfide) groups is 1. The number of carbonyl (C=O) groups excluding carboxylic acids is 1. The summed E-state index contributed by atoms with van der Waals surface area (Å²) in [6, 6.07) is 8.40. The summed E-state index contributed by atoms with van der Waals surface area (Å²) in [7, 11) is -2.18. The zero-order valence-corrected chi connectivity index (χ0v) is 36.5. The maximum Gasteiger partial charge on any atom is 0.412 e. The van der Waals surface area contributed by atoms with Crippen LogP contribution in [0.3, 0.4) is 0 Å².